The van der Waals surface area contributed by atoms with Crippen LogP contribution in [0.4, 0.5) is 0 Å². The minimum Gasteiger partial charge on any atom is -0.482 e. The van der Waals surface area contributed by atoms with Crippen molar-refractivity contribution >= 4 is 46.0 Å². The summed E-state index contributed by atoms with van der Waals surface area (Å²) in [5.74, 6) is 0.0620. The Hall–Kier alpha value is -2.14. The van der Waals surface area contributed by atoms with E-state index in [0.29, 0.717) is 16.3 Å². The van der Waals surface area contributed by atoms with Crippen molar-refractivity contribution in [2.45, 2.75) is 44.6 Å². The van der Waals surface area contributed by atoms with Gasteiger partial charge in [-0.2, -0.15) is 0 Å². The van der Waals surface area contributed by atoms with Crippen molar-refractivity contribution in [3.63, 3.8) is 0 Å². The Morgan fingerprint density at radius 3 is 2.56 bits per heavy atom. The Labute approximate surface area is 217 Å². The van der Waals surface area contributed by atoms with Crippen molar-refractivity contribution in [2.24, 2.45) is 0 Å². The first kappa shape index (κ1) is 26.5. The second-order valence-electron chi connectivity index (χ2n) is 7.95. The summed E-state index contributed by atoms with van der Waals surface area (Å²) < 4.78 is 6.98. The van der Waals surface area contributed by atoms with Crippen LogP contribution in [-0.2, 0) is 16.1 Å². The quantitative estimate of drug-likeness (QED) is 0.385. The average molecular weight is 599 g/mol. The largest absolute Gasteiger partial charge is 0.482 e. The zero-order valence-corrected chi connectivity index (χ0v) is 21.7. The number of nitrogens with one attached hydrogen (secondary N) is 1. The summed E-state index contributed by atoms with van der Waals surface area (Å²) in [5, 5.41) is 23.7. The van der Waals surface area contributed by atoms with Crippen molar-refractivity contribution in [3.8, 4) is 5.75 Å². The van der Waals surface area contributed by atoms with E-state index < -0.39 is 18.2 Å². The van der Waals surface area contributed by atoms with Gasteiger partial charge in [0.2, 0.25) is 11.8 Å². The molecule has 1 aliphatic carbocycles. The minimum atomic E-state index is -1.06. The van der Waals surface area contributed by atoms with Gasteiger partial charge >= 0.3 is 0 Å². The first-order chi connectivity index (χ1) is 16.3. The molecular formula is C25H28ClIN2O5. The van der Waals surface area contributed by atoms with E-state index in [1.54, 1.807) is 36.1 Å². The second kappa shape index (κ2) is 12.5. The number of halogens is 2. The van der Waals surface area contributed by atoms with E-state index in [9.17, 15) is 14.7 Å². The molecule has 0 aromatic heterocycles. The van der Waals surface area contributed by atoms with Crippen LogP contribution in [-0.4, -0.2) is 58.3 Å². The minimum absolute atomic E-state index is 0.105. The third-order valence-corrected chi connectivity index (χ3v) is 6.75. The van der Waals surface area contributed by atoms with Crippen LogP contribution in [0.2, 0.25) is 5.02 Å². The van der Waals surface area contributed by atoms with Crippen molar-refractivity contribution in [1.29, 1.82) is 0 Å². The molecule has 0 saturated carbocycles. The van der Waals surface area contributed by atoms with Crippen LogP contribution < -0.4 is 10.1 Å². The molecule has 7 nitrogen and oxygen atoms in total. The summed E-state index contributed by atoms with van der Waals surface area (Å²) in [4.78, 5) is 27.4. The molecule has 3 atom stereocenters. The Balaban J connectivity index is 1.95. The Morgan fingerprint density at radius 2 is 1.91 bits per heavy atom. The standard InChI is InChI=1S/C25H28ClIN2O5/c1-2-23(31)29(15-16-7-9-18(26)10-8-16)20-13-17(25(33)28-11-12-30)14-22(24(20)32)34-21-6-4-3-5-19(21)27/h3-10,14,20,22,24,30,32H,2,11-13,15H2,1H3,(H,28,33)/t20-,22+,24+/m1/s1. The molecule has 0 fully saturated rings. The molecule has 0 unspecified atom stereocenters. The average Bonchev–Trinajstić information content (AvgIpc) is 2.84. The normalized spacial score (nSPS) is 19.8. The molecular weight excluding hydrogens is 571 g/mol. The van der Waals surface area contributed by atoms with E-state index in [4.69, 9.17) is 21.4 Å². The van der Waals surface area contributed by atoms with E-state index in [2.05, 4.69) is 27.9 Å². The number of benzene rings is 2. The van der Waals surface area contributed by atoms with Crippen LogP contribution in [0.15, 0.2) is 60.2 Å². The molecule has 0 heterocycles. The molecule has 0 radical (unpaired) electrons. The van der Waals surface area contributed by atoms with Crippen LogP contribution in [0.3, 0.4) is 0 Å². The summed E-state index contributed by atoms with van der Waals surface area (Å²) in [5.41, 5.74) is 1.25. The Kier molecular flexibility index (Phi) is 9.75. The highest BCUT2D eigenvalue weighted by Gasteiger charge is 2.40. The molecule has 34 heavy (non-hydrogen) atoms. The number of para-hydroxylation sites is 1. The van der Waals surface area contributed by atoms with Crippen LogP contribution >= 0.6 is 34.2 Å². The van der Waals surface area contributed by atoms with Crippen LogP contribution in [0.25, 0.3) is 0 Å². The van der Waals surface area contributed by atoms with E-state index in [-0.39, 0.29) is 44.4 Å². The number of carbonyl (C=O) groups is 2. The van der Waals surface area contributed by atoms with Gasteiger partial charge in [-0.3, -0.25) is 9.59 Å². The number of amides is 2. The summed E-state index contributed by atoms with van der Waals surface area (Å²) >= 11 is 8.15. The predicted molar refractivity (Wildman–Crippen MR) is 138 cm³/mol. The Bertz CT molecular complexity index is 1030. The van der Waals surface area contributed by atoms with Crippen LogP contribution in [0.5, 0.6) is 5.75 Å². The van der Waals surface area contributed by atoms with Gasteiger partial charge in [-0.15, -0.1) is 0 Å². The number of carbonyl (C=O) groups excluding carboxylic acids is 2. The zero-order valence-electron chi connectivity index (χ0n) is 18.8. The maximum atomic E-state index is 13.0. The van der Waals surface area contributed by atoms with Crippen molar-refractivity contribution in [2.75, 3.05) is 13.2 Å². The fourth-order valence-electron chi connectivity index (χ4n) is 3.85. The summed E-state index contributed by atoms with van der Waals surface area (Å²) in [6.45, 7) is 1.93. The number of hydrogen-bond acceptors (Lipinski definition) is 5. The number of aliphatic hydroxyl groups excluding tert-OH is 2. The van der Waals surface area contributed by atoms with Gasteiger partial charge in [-0.05, 0) is 58.5 Å². The number of rotatable bonds is 9. The van der Waals surface area contributed by atoms with Crippen molar-refractivity contribution < 1.29 is 24.5 Å². The lowest BCUT2D eigenvalue weighted by molar-refractivity contribution is -0.139. The summed E-state index contributed by atoms with van der Waals surface area (Å²) in [7, 11) is 0. The number of ether oxygens (including phenoxy) is 1. The van der Waals surface area contributed by atoms with Gasteiger partial charge in [0.1, 0.15) is 18.0 Å². The maximum Gasteiger partial charge on any atom is 0.247 e. The van der Waals surface area contributed by atoms with Crippen molar-refractivity contribution in [3.05, 3.63) is 74.3 Å². The van der Waals surface area contributed by atoms with E-state index in [1.807, 2.05) is 30.3 Å². The second-order valence-corrected chi connectivity index (χ2v) is 9.55. The SMILES string of the molecule is CCC(=O)N(Cc1ccc(Cl)cc1)[C@@H]1CC(C(=O)NCCO)=C[C@H](Oc2ccccc2I)[C@H]1O. The van der Waals surface area contributed by atoms with Gasteiger partial charge in [-0.25, -0.2) is 0 Å². The van der Waals surface area contributed by atoms with Gasteiger partial charge in [0.25, 0.3) is 0 Å². The van der Waals surface area contributed by atoms with Gasteiger partial charge in [0, 0.05) is 36.5 Å². The molecule has 182 valence electrons. The molecule has 3 rings (SSSR count). The number of aliphatic hydroxyl groups is 2. The number of hydrogen-bond donors (Lipinski definition) is 3. The summed E-state index contributed by atoms with van der Waals surface area (Å²) in [6, 6.07) is 13.9. The first-order valence-corrected chi connectivity index (χ1v) is 12.5. The van der Waals surface area contributed by atoms with E-state index >= 15 is 0 Å². The molecule has 0 spiro atoms. The fraction of sp³-hybridized carbons (Fsp3) is 0.360. The molecule has 3 N–H and O–H groups in total. The van der Waals surface area contributed by atoms with Crippen LogP contribution in [0, 0.1) is 3.57 Å². The summed E-state index contributed by atoms with van der Waals surface area (Å²) in [6.07, 6.45) is 0.0987. The Morgan fingerprint density at radius 1 is 1.21 bits per heavy atom. The molecule has 9 heteroatoms. The molecule has 2 amide bonds. The maximum absolute atomic E-state index is 13.0. The first-order valence-electron chi connectivity index (χ1n) is 11.1. The zero-order chi connectivity index (χ0) is 24.7. The van der Waals surface area contributed by atoms with Gasteiger partial charge in [-0.1, -0.05) is 42.8 Å². The monoisotopic (exact) mass is 598 g/mol. The highest BCUT2D eigenvalue weighted by molar-refractivity contribution is 14.1. The van der Waals surface area contributed by atoms with Gasteiger partial charge in [0.15, 0.2) is 0 Å². The van der Waals surface area contributed by atoms with Gasteiger partial charge < -0.3 is 25.2 Å². The smallest absolute Gasteiger partial charge is 0.247 e. The lowest BCUT2D eigenvalue weighted by Crippen LogP contribution is -2.54. The molecule has 2 aromatic rings. The third-order valence-electron chi connectivity index (χ3n) is 5.60. The van der Waals surface area contributed by atoms with Crippen LogP contribution in [0.1, 0.15) is 25.3 Å². The number of nitrogens with zero attached hydrogens (tertiary/aromatic N) is 1. The molecule has 0 bridgehead atoms. The predicted octanol–water partition coefficient (Wildman–Crippen LogP) is 3.30. The lowest BCUT2D eigenvalue weighted by Gasteiger charge is -2.40. The van der Waals surface area contributed by atoms with Crippen molar-refractivity contribution in [1.82, 2.24) is 10.2 Å². The van der Waals surface area contributed by atoms with E-state index in [1.165, 1.54) is 0 Å². The topological polar surface area (TPSA) is 99.1 Å². The highest BCUT2D eigenvalue weighted by Crippen LogP contribution is 2.30. The molecule has 2 aromatic carbocycles. The molecule has 1 aliphatic rings. The molecule has 0 aliphatic heterocycles. The fourth-order valence-corrected chi connectivity index (χ4v) is 4.49. The van der Waals surface area contributed by atoms with Gasteiger partial charge in [0.05, 0.1) is 16.2 Å². The lowest BCUT2D eigenvalue weighted by atomic mass is 9.87. The van der Waals surface area contributed by atoms with E-state index in [0.717, 1.165) is 9.13 Å². The highest BCUT2D eigenvalue weighted by atomic mass is 127. The molecule has 0 saturated heterocycles. The third kappa shape index (κ3) is 6.71.